The molecule has 2 saturated heterocycles. The molecule has 1 amide bonds. The zero-order chi connectivity index (χ0) is 17.4. The zero-order valence-corrected chi connectivity index (χ0v) is 14.3. The van der Waals surface area contributed by atoms with Crippen LogP contribution in [-0.2, 0) is 0 Å². The lowest BCUT2D eigenvalue weighted by Gasteiger charge is -2.39. The number of aromatic nitrogens is 1. The highest BCUT2D eigenvalue weighted by Gasteiger charge is 2.44. The van der Waals surface area contributed by atoms with E-state index in [2.05, 4.69) is 4.98 Å². The predicted octanol–water partition coefficient (Wildman–Crippen LogP) is 4.09. The summed E-state index contributed by atoms with van der Waals surface area (Å²) in [6, 6.07) is 7.91. The fraction of sp³-hybridized carbons (Fsp3) is 0.368. The van der Waals surface area contributed by atoms with Crippen LogP contribution >= 0.6 is 11.6 Å². The number of nitrogens with zero attached hydrogens (tertiary/aromatic N) is 2. The van der Waals surface area contributed by atoms with Crippen molar-refractivity contribution < 1.29 is 13.9 Å². The van der Waals surface area contributed by atoms with Crippen molar-refractivity contribution in [1.82, 2.24) is 9.88 Å². The second-order valence-corrected chi connectivity index (χ2v) is 7.02. The van der Waals surface area contributed by atoms with Gasteiger partial charge in [-0.3, -0.25) is 9.78 Å². The van der Waals surface area contributed by atoms with Crippen LogP contribution < -0.4 is 4.74 Å². The second kappa shape index (κ2) is 6.64. The topological polar surface area (TPSA) is 42.4 Å². The third-order valence-electron chi connectivity index (χ3n) is 5.04. The molecule has 0 spiro atoms. The second-order valence-electron chi connectivity index (χ2n) is 6.62. The Morgan fingerprint density at radius 3 is 2.48 bits per heavy atom. The first-order valence-electron chi connectivity index (χ1n) is 8.46. The first-order valence-corrected chi connectivity index (χ1v) is 8.84. The fourth-order valence-corrected chi connectivity index (χ4v) is 4.21. The van der Waals surface area contributed by atoms with Gasteiger partial charge in [0.1, 0.15) is 17.7 Å². The minimum atomic E-state index is -0.436. The molecule has 0 saturated carbocycles. The maximum atomic E-state index is 13.2. The minimum Gasteiger partial charge on any atom is -0.490 e. The number of pyridine rings is 1. The summed E-state index contributed by atoms with van der Waals surface area (Å²) in [6.07, 6.45) is 7.02. The van der Waals surface area contributed by atoms with E-state index < -0.39 is 5.82 Å². The molecule has 1 aromatic carbocycles. The van der Waals surface area contributed by atoms with Crippen LogP contribution in [0.1, 0.15) is 36.0 Å². The molecule has 2 unspecified atom stereocenters. The van der Waals surface area contributed by atoms with Gasteiger partial charge in [-0.15, -0.1) is 0 Å². The van der Waals surface area contributed by atoms with E-state index in [1.165, 1.54) is 18.2 Å². The molecule has 0 radical (unpaired) electrons. The molecule has 2 aliphatic rings. The van der Waals surface area contributed by atoms with Crippen LogP contribution in [0, 0.1) is 5.82 Å². The van der Waals surface area contributed by atoms with Gasteiger partial charge in [0.15, 0.2) is 0 Å². The number of hydrogen-bond acceptors (Lipinski definition) is 3. The lowest BCUT2D eigenvalue weighted by Crippen LogP contribution is -2.49. The normalized spacial score (nSPS) is 25.0. The van der Waals surface area contributed by atoms with Crippen molar-refractivity contribution in [1.29, 1.82) is 0 Å². The van der Waals surface area contributed by atoms with E-state index in [-0.39, 0.29) is 29.1 Å². The molecular weight excluding hydrogens is 343 g/mol. The molecule has 130 valence electrons. The fourth-order valence-electron chi connectivity index (χ4n) is 3.97. The van der Waals surface area contributed by atoms with E-state index >= 15 is 0 Å². The van der Waals surface area contributed by atoms with Crippen LogP contribution in [0.2, 0.25) is 5.02 Å². The Kier molecular flexibility index (Phi) is 4.34. The van der Waals surface area contributed by atoms with Crippen molar-refractivity contribution in [3.05, 3.63) is 59.1 Å². The number of halogens is 2. The molecular formula is C19H18ClFN2O2. The number of hydrogen-bond donors (Lipinski definition) is 0. The Hall–Kier alpha value is -2.14. The van der Waals surface area contributed by atoms with E-state index in [4.69, 9.17) is 16.3 Å². The molecule has 4 nitrogen and oxygen atoms in total. The van der Waals surface area contributed by atoms with E-state index in [9.17, 15) is 9.18 Å². The van der Waals surface area contributed by atoms with Gasteiger partial charge in [-0.05, 0) is 43.2 Å². The quantitative estimate of drug-likeness (QED) is 0.828. The van der Waals surface area contributed by atoms with Gasteiger partial charge in [0, 0.05) is 37.3 Å². The molecule has 1 aromatic heterocycles. The van der Waals surface area contributed by atoms with Crippen molar-refractivity contribution in [2.45, 2.75) is 43.9 Å². The number of piperidine rings is 1. The van der Waals surface area contributed by atoms with E-state index in [0.717, 1.165) is 31.4 Å². The van der Waals surface area contributed by atoms with Gasteiger partial charge < -0.3 is 9.64 Å². The number of benzene rings is 1. The van der Waals surface area contributed by atoms with Gasteiger partial charge in [0.05, 0.1) is 10.6 Å². The standard InChI is InChI=1S/C19H18ClFN2O2/c20-18-9-12(21)1-4-17(18)19(24)23-13-2-3-14(23)11-16(10-13)25-15-5-7-22-8-6-15/h1,4-9,13-14,16H,2-3,10-11H2. The van der Waals surface area contributed by atoms with Crippen LogP contribution in [0.15, 0.2) is 42.7 Å². The molecule has 0 N–H and O–H groups in total. The number of carbonyl (C=O) groups excluding carboxylic acids is 1. The molecule has 2 aliphatic heterocycles. The van der Waals surface area contributed by atoms with Crippen LogP contribution in [0.25, 0.3) is 0 Å². The van der Waals surface area contributed by atoms with E-state index in [1.54, 1.807) is 12.4 Å². The van der Waals surface area contributed by atoms with Gasteiger partial charge >= 0.3 is 0 Å². The van der Waals surface area contributed by atoms with Crippen LogP contribution in [0.5, 0.6) is 5.75 Å². The monoisotopic (exact) mass is 360 g/mol. The molecule has 0 aliphatic carbocycles. The molecule has 25 heavy (non-hydrogen) atoms. The summed E-state index contributed by atoms with van der Waals surface area (Å²) in [5.41, 5.74) is 0.369. The van der Waals surface area contributed by atoms with Gasteiger partial charge in [-0.1, -0.05) is 11.6 Å². The summed E-state index contributed by atoms with van der Waals surface area (Å²) in [4.78, 5) is 18.8. The van der Waals surface area contributed by atoms with Crippen molar-refractivity contribution >= 4 is 17.5 Å². The predicted molar refractivity (Wildman–Crippen MR) is 92.3 cm³/mol. The number of fused-ring (bicyclic) bond motifs is 2. The number of ether oxygens (including phenoxy) is 1. The summed E-state index contributed by atoms with van der Waals surface area (Å²) < 4.78 is 19.3. The highest BCUT2D eigenvalue weighted by Crippen LogP contribution is 2.38. The lowest BCUT2D eigenvalue weighted by molar-refractivity contribution is 0.0359. The number of rotatable bonds is 3. The Morgan fingerprint density at radius 2 is 1.84 bits per heavy atom. The summed E-state index contributed by atoms with van der Waals surface area (Å²) >= 11 is 6.08. The number of amides is 1. The maximum Gasteiger partial charge on any atom is 0.255 e. The van der Waals surface area contributed by atoms with Crippen molar-refractivity contribution in [3.8, 4) is 5.75 Å². The Balaban J connectivity index is 1.49. The Morgan fingerprint density at radius 1 is 1.16 bits per heavy atom. The average molecular weight is 361 g/mol. The summed E-state index contributed by atoms with van der Waals surface area (Å²) in [6.45, 7) is 0. The summed E-state index contributed by atoms with van der Waals surface area (Å²) in [7, 11) is 0. The van der Waals surface area contributed by atoms with Gasteiger partial charge in [0.2, 0.25) is 0 Å². The lowest BCUT2D eigenvalue weighted by atomic mass is 9.98. The Bertz CT molecular complexity index is 772. The largest absolute Gasteiger partial charge is 0.490 e. The van der Waals surface area contributed by atoms with Gasteiger partial charge in [-0.2, -0.15) is 0 Å². The molecule has 2 fully saturated rings. The molecule has 3 heterocycles. The van der Waals surface area contributed by atoms with Crippen molar-refractivity contribution in [3.63, 3.8) is 0 Å². The smallest absolute Gasteiger partial charge is 0.255 e. The highest BCUT2D eigenvalue weighted by atomic mass is 35.5. The molecule has 2 bridgehead atoms. The first-order chi connectivity index (χ1) is 12.1. The third-order valence-corrected chi connectivity index (χ3v) is 5.35. The van der Waals surface area contributed by atoms with Crippen molar-refractivity contribution in [2.24, 2.45) is 0 Å². The summed E-state index contributed by atoms with van der Waals surface area (Å²) in [5, 5.41) is 0.166. The molecule has 6 heteroatoms. The van der Waals surface area contributed by atoms with Crippen LogP contribution in [0.4, 0.5) is 4.39 Å². The van der Waals surface area contributed by atoms with Crippen LogP contribution in [0.3, 0.4) is 0 Å². The maximum absolute atomic E-state index is 13.2. The molecule has 2 aromatic rings. The zero-order valence-electron chi connectivity index (χ0n) is 13.6. The summed E-state index contributed by atoms with van der Waals surface area (Å²) in [5.74, 6) is 0.259. The van der Waals surface area contributed by atoms with E-state index in [1.807, 2.05) is 17.0 Å². The first kappa shape index (κ1) is 16.3. The van der Waals surface area contributed by atoms with Crippen molar-refractivity contribution in [2.75, 3.05) is 0 Å². The van der Waals surface area contributed by atoms with Gasteiger partial charge in [0.25, 0.3) is 5.91 Å². The average Bonchev–Trinajstić information content (AvgIpc) is 2.86. The molecule has 2 atom stereocenters. The minimum absolute atomic E-state index is 0.0904. The highest BCUT2D eigenvalue weighted by molar-refractivity contribution is 6.33. The number of carbonyl (C=O) groups is 1. The Labute approximate surface area is 150 Å². The van der Waals surface area contributed by atoms with E-state index in [0.29, 0.717) is 5.56 Å². The van der Waals surface area contributed by atoms with Gasteiger partial charge in [-0.25, -0.2) is 4.39 Å². The SMILES string of the molecule is O=C(c1ccc(F)cc1Cl)N1C2CCC1CC(Oc1ccncc1)C2. The molecule has 4 rings (SSSR count). The third kappa shape index (κ3) is 3.21. The van der Waals surface area contributed by atoms with Crippen LogP contribution in [-0.4, -0.2) is 34.0 Å².